The van der Waals surface area contributed by atoms with E-state index >= 15 is 8.78 Å². The fraction of sp³-hybridized carbons (Fsp3) is 0.200. The Balaban J connectivity index is 1.94. The van der Waals surface area contributed by atoms with Crippen LogP contribution >= 0.6 is 0 Å². The van der Waals surface area contributed by atoms with E-state index in [1.165, 1.54) is 25.3 Å². The fourth-order valence-electron chi connectivity index (χ4n) is 4.09. The minimum absolute atomic E-state index is 0.154. The molecule has 11 heteroatoms. The predicted molar refractivity (Wildman–Crippen MR) is 136 cm³/mol. The van der Waals surface area contributed by atoms with Crippen molar-refractivity contribution >= 4 is 41.7 Å². The molecule has 3 heterocycles. The standard InChI is InChI=1S/C25H24BF2N5O3/c1-14(29)17(10-26-2)18-8-19-15(11-31-18)13-32(25(34)33(19)16-6-5-7-30-12-16)24-22(27)20(35-3)9-21(36-4)23(24)28/h5-12,26,29H,13H2,1-4H3/b17-10+,29-14?. The van der Waals surface area contributed by atoms with Crippen molar-refractivity contribution in [1.29, 1.82) is 5.41 Å². The van der Waals surface area contributed by atoms with E-state index in [1.54, 1.807) is 37.5 Å². The van der Waals surface area contributed by atoms with Gasteiger partial charge in [-0.3, -0.25) is 19.8 Å². The zero-order valence-corrected chi connectivity index (χ0v) is 20.3. The summed E-state index contributed by atoms with van der Waals surface area (Å²) in [6, 6.07) is 5.42. The number of hydrogen-bond donors (Lipinski definition) is 1. The number of aromatic nitrogens is 2. The quantitative estimate of drug-likeness (QED) is 0.375. The Morgan fingerprint density at radius 3 is 2.42 bits per heavy atom. The van der Waals surface area contributed by atoms with Crippen molar-refractivity contribution < 1.29 is 23.0 Å². The number of nitrogens with zero attached hydrogens (tertiary/aromatic N) is 4. The van der Waals surface area contributed by atoms with Gasteiger partial charge in [-0.25, -0.2) is 13.6 Å². The molecule has 0 aliphatic carbocycles. The molecule has 1 aromatic carbocycles. The normalized spacial score (nSPS) is 13.4. The minimum Gasteiger partial charge on any atom is -0.493 e. The first-order valence-corrected chi connectivity index (χ1v) is 11.2. The van der Waals surface area contributed by atoms with Gasteiger partial charge in [0.15, 0.2) is 23.1 Å². The van der Waals surface area contributed by atoms with E-state index in [2.05, 4.69) is 9.97 Å². The Morgan fingerprint density at radius 2 is 1.86 bits per heavy atom. The molecular formula is C25H24BF2N5O3. The second-order valence-corrected chi connectivity index (χ2v) is 8.02. The van der Waals surface area contributed by atoms with E-state index in [0.717, 1.165) is 11.0 Å². The van der Waals surface area contributed by atoms with Gasteiger partial charge in [0.05, 0.1) is 44.0 Å². The highest BCUT2D eigenvalue weighted by atomic mass is 19.1. The lowest BCUT2D eigenvalue weighted by Gasteiger charge is -2.37. The molecule has 0 fully saturated rings. The summed E-state index contributed by atoms with van der Waals surface area (Å²) in [6.07, 6.45) is 4.59. The van der Waals surface area contributed by atoms with Crippen LogP contribution in [0.5, 0.6) is 11.5 Å². The van der Waals surface area contributed by atoms with Gasteiger partial charge in [0, 0.05) is 35.3 Å². The predicted octanol–water partition coefficient (Wildman–Crippen LogP) is 4.92. The third kappa shape index (κ3) is 4.28. The number of halogens is 2. The van der Waals surface area contributed by atoms with Gasteiger partial charge in [-0.2, -0.15) is 0 Å². The van der Waals surface area contributed by atoms with Crippen LogP contribution in [0, 0.1) is 17.0 Å². The number of carbonyl (C=O) groups is 1. The highest BCUT2D eigenvalue weighted by Gasteiger charge is 2.37. The number of pyridine rings is 2. The first-order chi connectivity index (χ1) is 17.3. The van der Waals surface area contributed by atoms with Gasteiger partial charge in [-0.05, 0) is 25.1 Å². The molecule has 8 nitrogen and oxygen atoms in total. The number of rotatable bonds is 7. The Morgan fingerprint density at radius 1 is 1.17 bits per heavy atom. The molecule has 0 unspecified atom stereocenters. The lowest BCUT2D eigenvalue weighted by Crippen LogP contribution is -2.46. The number of methoxy groups -OCH3 is 2. The van der Waals surface area contributed by atoms with Crippen molar-refractivity contribution in [2.75, 3.05) is 24.0 Å². The van der Waals surface area contributed by atoms with Crippen LogP contribution in [0.1, 0.15) is 18.2 Å². The zero-order valence-electron chi connectivity index (χ0n) is 20.3. The molecule has 0 atom stereocenters. The number of amides is 2. The average Bonchev–Trinajstić information content (AvgIpc) is 2.88. The Bertz CT molecular complexity index is 1340. The van der Waals surface area contributed by atoms with E-state index in [1.807, 2.05) is 12.8 Å². The van der Waals surface area contributed by atoms with E-state index < -0.39 is 23.4 Å². The van der Waals surface area contributed by atoms with Crippen LogP contribution in [0.4, 0.5) is 30.6 Å². The molecule has 1 aliphatic heterocycles. The van der Waals surface area contributed by atoms with Gasteiger partial charge in [-0.1, -0.05) is 6.82 Å². The van der Waals surface area contributed by atoms with E-state index in [9.17, 15) is 4.79 Å². The number of benzene rings is 1. The highest BCUT2D eigenvalue weighted by Crippen LogP contribution is 2.42. The number of allylic oxidation sites excluding steroid dienone is 1. The molecule has 36 heavy (non-hydrogen) atoms. The molecular weight excluding hydrogens is 467 g/mol. The molecule has 1 aliphatic rings. The number of nitrogens with one attached hydrogen (secondary N) is 1. The molecule has 3 aromatic rings. The van der Waals surface area contributed by atoms with Gasteiger partial charge in [0.25, 0.3) is 0 Å². The van der Waals surface area contributed by atoms with Crippen LogP contribution < -0.4 is 19.3 Å². The number of ether oxygens (including phenoxy) is 2. The van der Waals surface area contributed by atoms with E-state index in [0.29, 0.717) is 41.2 Å². The molecule has 2 aromatic heterocycles. The molecule has 0 bridgehead atoms. The maximum Gasteiger partial charge on any atom is 0.334 e. The third-order valence-electron chi connectivity index (χ3n) is 5.77. The van der Waals surface area contributed by atoms with Crippen molar-refractivity contribution in [3.05, 3.63) is 71.7 Å². The minimum atomic E-state index is -1.03. The van der Waals surface area contributed by atoms with Gasteiger partial charge in [-0.15, -0.1) is 5.98 Å². The molecule has 4 rings (SSSR count). The molecule has 1 N–H and O–H groups in total. The number of carbonyl (C=O) groups excluding carboxylic acids is 1. The molecule has 184 valence electrons. The topological polar surface area (TPSA) is 91.6 Å². The fourth-order valence-corrected chi connectivity index (χ4v) is 4.09. The Kier molecular flexibility index (Phi) is 7.00. The summed E-state index contributed by atoms with van der Waals surface area (Å²) >= 11 is 0. The summed E-state index contributed by atoms with van der Waals surface area (Å²) in [5, 5.41) is 8.14. The van der Waals surface area contributed by atoms with Crippen molar-refractivity contribution in [2.24, 2.45) is 0 Å². The number of fused-ring (bicyclic) bond motifs is 1. The monoisotopic (exact) mass is 491 g/mol. The van der Waals surface area contributed by atoms with Crippen molar-refractivity contribution in [3.8, 4) is 11.5 Å². The maximum absolute atomic E-state index is 15.4. The largest absolute Gasteiger partial charge is 0.493 e. The summed E-state index contributed by atoms with van der Waals surface area (Å²) in [5.41, 5.74) is 2.30. The van der Waals surface area contributed by atoms with Crippen molar-refractivity contribution in [3.63, 3.8) is 0 Å². The van der Waals surface area contributed by atoms with Gasteiger partial charge in [0.2, 0.25) is 0 Å². The molecule has 0 radical (unpaired) electrons. The summed E-state index contributed by atoms with van der Waals surface area (Å²) in [4.78, 5) is 24.8. The first-order valence-electron chi connectivity index (χ1n) is 11.2. The third-order valence-corrected chi connectivity index (χ3v) is 5.77. The summed E-state index contributed by atoms with van der Waals surface area (Å²) in [6.45, 7) is 3.46. The lowest BCUT2D eigenvalue weighted by atomic mass is 9.79. The van der Waals surface area contributed by atoms with Crippen LogP contribution in [0.25, 0.3) is 5.57 Å². The van der Waals surface area contributed by atoms with Crippen molar-refractivity contribution in [2.45, 2.75) is 20.3 Å². The molecule has 0 spiro atoms. The van der Waals surface area contributed by atoms with E-state index in [-0.39, 0.29) is 18.0 Å². The molecule has 2 amide bonds. The van der Waals surface area contributed by atoms with Crippen LogP contribution in [0.2, 0.25) is 6.82 Å². The maximum atomic E-state index is 15.4. The van der Waals surface area contributed by atoms with Crippen LogP contribution in [-0.4, -0.2) is 43.2 Å². The summed E-state index contributed by atoms with van der Waals surface area (Å²) < 4.78 is 40.8. The first kappa shape index (κ1) is 24.8. The summed E-state index contributed by atoms with van der Waals surface area (Å²) in [5.74, 6) is -0.708. The smallest absolute Gasteiger partial charge is 0.334 e. The zero-order chi connectivity index (χ0) is 26.0. The van der Waals surface area contributed by atoms with Crippen LogP contribution in [0.15, 0.2) is 48.8 Å². The molecule has 0 saturated carbocycles. The molecule has 0 saturated heterocycles. The number of urea groups is 1. The second kappa shape index (κ2) is 10.1. The highest BCUT2D eigenvalue weighted by molar-refractivity contribution is 6.45. The summed E-state index contributed by atoms with van der Waals surface area (Å²) in [7, 11) is 3.18. The van der Waals surface area contributed by atoms with Crippen molar-refractivity contribution in [1.82, 2.24) is 9.97 Å². The number of hydrogen-bond acceptors (Lipinski definition) is 6. The average molecular weight is 491 g/mol. The Hall–Kier alpha value is -4.28. The van der Waals surface area contributed by atoms with Gasteiger partial charge < -0.3 is 14.9 Å². The van der Waals surface area contributed by atoms with E-state index in [4.69, 9.17) is 14.9 Å². The second-order valence-electron chi connectivity index (χ2n) is 8.02. The Labute approximate surface area is 207 Å². The lowest BCUT2D eigenvalue weighted by molar-refractivity contribution is 0.251. The van der Waals surface area contributed by atoms with Crippen LogP contribution in [-0.2, 0) is 6.54 Å². The SMILES string of the molecule is CB/C=C(\C(C)=N)c1cc2c(cn1)CN(c1c(F)c(OC)cc(OC)c1F)C(=O)N2c1cccnc1. The number of anilines is 3. The van der Waals surface area contributed by atoms with Gasteiger partial charge >= 0.3 is 6.03 Å². The van der Waals surface area contributed by atoms with Crippen LogP contribution in [0.3, 0.4) is 0 Å². The van der Waals surface area contributed by atoms with Gasteiger partial charge in [0.1, 0.15) is 13.0 Å².